The Morgan fingerprint density at radius 3 is 2.28 bits per heavy atom. The number of hydrogen-bond acceptors (Lipinski definition) is 5. The van der Waals surface area contributed by atoms with E-state index in [-0.39, 0.29) is 17.6 Å². The summed E-state index contributed by atoms with van der Waals surface area (Å²) in [4.78, 5) is 12.1. The molecular formula is C21H24ClNO5S. The van der Waals surface area contributed by atoms with Crippen molar-refractivity contribution in [1.82, 2.24) is 0 Å². The lowest BCUT2D eigenvalue weighted by Crippen LogP contribution is -2.36. The summed E-state index contributed by atoms with van der Waals surface area (Å²) in [6, 6.07) is 12.5. The molecule has 0 radical (unpaired) electrons. The van der Waals surface area contributed by atoms with Gasteiger partial charge in [-0.3, -0.25) is 9.10 Å². The van der Waals surface area contributed by atoms with Crippen molar-refractivity contribution in [2.24, 2.45) is 0 Å². The molecule has 0 saturated heterocycles. The topological polar surface area (TPSA) is 72.9 Å². The zero-order chi connectivity index (χ0) is 20.9. The molecule has 0 heterocycles. The molecule has 8 heteroatoms. The molecule has 1 aliphatic carbocycles. The predicted molar refractivity (Wildman–Crippen MR) is 112 cm³/mol. The van der Waals surface area contributed by atoms with E-state index in [1.807, 2.05) is 0 Å². The van der Waals surface area contributed by atoms with Crippen molar-refractivity contribution in [3.63, 3.8) is 0 Å². The molecule has 0 N–H and O–H groups in total. The summed E-state index contributed by atoms with van der Waals surface area (Å²) < 4.78 is 38.3. The summed E-state index contributed by atoms with van der Waals surface area (Å²) in [6.45, 7) is 1.41. The van der Waals surface area contributed by atoms with E-state index in [1.54, 1.807) is 31.2 Å². The van der Waals surface area contributed by atoms with Gasteiger partial charge in [-0.15, -0.1) is 0 Å². The highest BCUT2D eigenvalue weighted by Crippen LogP contribution is 2.29. The minimum Gasteiger partial charge on any atom is -0.490 e. The molecule has 0 aromatic heterocycles. The smallest absolute Gasteiger partial charge is 0.326 e. The first-order chi connectivity index (χ1) is 13.9. The number of hydrogen-bond donors (Lipinski definition) is 0. The van der Waals surface area contributed by atoms with E-state index < -0.39 is 22.5 Å². The Morgan fingerprint density at radius 1 is 1.07 bits per heavy atom. The maximum absolute atomic E-state index is 13.2. The number of ether oxygens (including phenoxy) is 2. The van der Waals surface area contributed by atoms with Crippen molar-refractivity contribution >= 4 is 33.3 Å². The maximum atomic E-state index is 13.2. The van der Waals surface area contributed by atoms with Gasteiger partial charge in [0.15, 0.2) is 0 Å². The van der Waals surface area contributed by atoms with E-state index >= 15 is 0 Å². The largest absolute Gasteiger partial charge is 0.490 e. The number of benzene rings is 2. The molecule has 2 aromatic carbocycles. The second kappa shape index (κ2) is 9.50. The molecule has 6 nitrogen and oxygen atoms in total. The highest BCUT2D eigenvalue weighted by Gasteiger charge is 2.28. The van der Waals surface area contributed by atoms with Gasteiger partial charge < -0.3 is 9.47 Å². The molecule has 1 fully saturated rings. The zero-order valence-corrected chi connectivity index (χ0v) is 17.8. The molecule has 0 unspecified atom stereocenters. The van der Waals surface area contributed by atoms with Crippen molar-refractivity contribution < 1.29 is 22.7 Å². The number of esters is 1. The Hall–Kier alpha value is -2.25. The fourth-order valence-electron chi connectivity index (χ4n) is 3.26. The van der Waals surface area contributed by atoms with Gasteiger partial charge in [-0.2, -0.15) is 0 Å². The van der Waals surface area contributed by atoms with Crippen molar-refractivity contribution in [1.29, 1.82) is 0 Å². The van der Waals surface area contributed by atoms with Crippen molar-refractivity contribution in [3.05, 3.63) is 53.6 Å². The van der Waals surface area contributed by atoms with Crippen molar-refractivity contribution in [3.8, 4) is 5.75 Å². The normalized spacial score (nSPS) is 14.6. The third kappa shape index (κ3) is 5.42. The van der Waals surface area contributed by atoms with Crippen LogP contribution in [-0.4, -0.2) is 33.6 Å². The number of nitrogens with zero attached hydrogens (tertiary/aromatic N) is 1. The van der Waals surface area contributed by atoms with Gasteiger partial charge >= 0.3 is 5.97 Å². The standard InChI is InChI=1S/C21H24ClNO5S/c1-2-27-21(24)15-23(29(25,26)20-13-7-16(22)8-14-20)17-9-11-19(12-10-17)28-18-5-3-4-6-18/h7-14,18H,2-6,15H2,1H3. The minimum absolute atomic E-state index is 0.0393. The molecule has 3 rings (SSSR count). The first-order valence-corrected chi connectivity index (χ1v) is 11.4. The van der Waals surface area contributed by atoms with E-state index in [0.717, 1.165) is 30.0 Å². The molecule has 29 heavy (non-hydrogen) atoms. The van der Waals surface area contributed by atoms with Gasteiger partial charge in [0.05, 0.1) is 23.3 Å². The fraction of sp³-hybridized carbons (Fsp3) is 0.381. The van der Waals surface area contributed by atoms with Gasteiger partial charge in [0.1, 0.15) is 12.3 Å². The minimum atomic E-state index is -3.99. The van der Waals surface area contributed by atoms with Gasteiger partial charge in [-0.1, -0.05) is 11.6 Å². The molecule has 0 bridgehead atoms. The number of anilines is 1. The monoisotopic (exact) mass is 437 g/mol. The van der Waals surface area contributed by atoms with Crippen LogP contribution in [0.5, 0.6) is 5.75 Å². The Balaban J connectivity index is 1.88. The number of sulfonamides is 1. The summed E-state index contributed by atoms with van der Waals surface area (Å²) in [6.07, 6.45) is 4.59. The lowest BCUT2D eigenvalue weighted by Gasteiger charge is -2.24. The van der Waals surface area contributed by atoms with Crippen LogP contribution in [0.3, 0.4) is 0 Å². The van der Waals surface area contributed by atoms with E-state index in [1.165, 1.54) is 24.3 Å². The summed E-state index contributed by atoms with van der Waals surface area (Å²) >= 11 is 5.87. The highest BCUT2D eigenvalue weighted by atomic mass is 35.5. The third-order valence-electron chi connectivity index (χ3n) is 4.71. The van der Waals surface area contributed by atoms with Gasteiger partial charge in [-0.05, 0) is 81.1 Å². The second-order valence-electron chi connectivity index (χ2n) is 6.79. The Labute approximate surface area is 176 Å². The molecule has 156 valence electrons. The quantitative estimate of drug-likeness (QED) is 0.571. The van der Waals surface area contributed by atoms with Gasteiger partial charge in [-0.25, -0.2) is 8.42 Å². The van der Waals surface area contributed by atoms with Crippen LogP contribution in [0.25, 0.3) is 0 Å². The summed E-state index contributed by atoms with van der Waals surface area (Å²) in [7, 11) is -3.99. The van der Waals surface area contributed by atoms with Crippen LogP contribution in [0, 0.1) is 0 Å². The maximum Gasteiger partial charge on any atom is 0.326 e. The zero-order valence-electron chi connectivity index (χ0n) is 16.2. The Kier molecular flexibility index (Phi) is 7.03. The lowest BCUT2D eigenvalue weighted by atomic mass is 10.2. The molecule has 0 aliphatic heterocycles. The SMILES string of the molecule is CCOC(=O)CN(c1ccc(OC2CCCC2)cc1)S(=O)(=O)c1ccc(Cl)cc1. The van der Waals surface area contributed by atoms with Crippen LogP contribution in [-0.2, 0) is 19.6 Å². The number of carbonyl (C=O) groups is 1. The number of carbonyl (C=O) groups excluding carboxylic acids is 1. The number of halogens is 1. The van der Waals surface area contributed by atoms with E-state index in [2.05, 4.69) is 0 Å². The van der Waals surface area contributed by atoms with Gasteiger partial charge in [0.2, 0.25) is 0 Å². The Bertz CT molecular complexity index is 923. The summed E-state index contributed by atoms with van der Waals surface area (Å²) in [5, 5.41) is 0.425. The summed E-state index contributed by atoms with van der Waals surface area (Å²) in [5.74, 6) is 0.0527. The highest BCUT2D eigenvalue weighted by molar-refractivity contribution is 7.92. The van der Waals surface area contributed by atoms with Crippen LogP contribution in [0.2, 0.25) is 5.02 Å². The average Bonchev–Trinajstić information content (AvgIpc) is 3.20. The molecule has 1 aliphatic rings. The second-order valence-corrected chi connectivity index (χ2v) is 9.09. The van der Waals surface area contributed by atoms with Crippen molar-refractivity contribution in [2.75, 3.05) is 17.5 Å². The lowest BCUT2D eigenvalue weighted by molar-refractivity contribution is -0.141. The van der Waals surface area contributed by atoms with Crippen LogP contribution >= 0.6 is 11.6 Å². The van der Waals surface area contributed by atoms with Crippen molar-refractivity contribution in [2.45, 2.75) is 43.6 Å². The fourth-order valence-corrected chi connectivity index (χ4v) is 4.80. The molecule has 0 spiro atoms. The molecule has 0 atom stereocenters. The first-order valence-electron chi connectivity index (χ1n) is 9.61. The van der Waals surface area contributed by atoms with Crippen LogP contribution in [0.1, 0.15) is 32.6 Å². The van der Waals surface area contributed by atoms with Gasteiger partial charge in [0, 0.05) is 5.02 Å². The van der Waals surface area contributed by atoms with Gasteiger partial charge in [0.25, 0.3) is 10.0 Å². The van der Waals surface area contributed by atoms with E-state index in [4.69, 9.17) is 21.1 Å². The Morgan fingerprint density at radius 2 is 1.69 bits per heavy atom. The molecular weight excluding hydrogens is 414 g/mol. The van der Waals surface area contributed by atoms with E-state index in [9.17, 15) is 13.2 Å². The van der Waals surface area contributed by atoms with Crippen LogP contribution < -0.4 is 9.04 Å². The molecule has 1 saturated carbocycles. The molecule has 2 aromatic rings. The number of rotatable bonds is 8. The average molecular weight is 438 g/mol. The van der Waals surface area contributed by atoms with E-state index in [0.29, 0.717) is 16.5 Å². The molecule has 0 amide bonds. The third-order valence-corrected chi connectivity index (χ3v) is 6.75. The summed E-state index contributed by atoms with van der Waals surface area (Å²) in [5.41, 5.74) is 0.353. The van der Waals surface area contributed by atoms with Crippen LogP contribution in [0.15, 0.2) is 53.4 Å². The first kappa shape index (κ1) is 21.5. The predicted octanol–water partition coefficient (Wildman–Crippen LogP) is 4.42. The van der Waals surface area contributed by atoms with Crippen LogP contribution in [0.4, 0.5) is 5.69 Å².